The van der Waals surface area contributed by atoms with Gasteiger partial charge < -0.3 is 10.1 Å². The second kappa shape index (κ2) is 3.05. The minimum atomic E-state index is -0.251. The highest BCUT2D eigenvalue weighted by molar-refractivity contribution is 6.41. The van der Waals surface area contributed by atoms with Crippen LogP contribution >= 0.6 is 23.2 Å². The predicted octanol–water partition coefficient (Wildman–Crippen LogP) is 1.72. The van der Waals surface area contributed by atoms with Crippen LogP contribution in [-0.2, 0) is 4.79 Å². The van der Waals surface area contributed by atoms with E-state index >= 15 is 0 Å². The summed E-state index contributed by atoms with van der Waals surface area (Å²) >= 11 is 11.3. The zero-order valence-electron chi connectivity index (χ0n) is 6.30. The molecule has 4 nitrogen and oxygen atoms in total. The molecule has 0 saturated carbocycles. The molecule has 0 aliphatic carbocycles. The average Bonchev–Trinajstić information content (AvgIpc) is 2.08. The highest BCUT2D eigenvalue weighted by atomic mass is 35.5. The van der Waals surface area contributed by atoms with Gasteiger partial charge in [-0.05, 0) is 0 Å². The first kappa shape index (κ1) is 8.59. The van der Waals surface area contributed by atoms with Gasteiger partial charge in [-0.2, -0.15) is 0 Å². The minimum absolute atomic E-state index is 0.0212. The van der Waals surface area contributed by atoms with E-state index in [1.165, 1.54) is 6.07 Å². The van der Waals surface area contributed by atoms with E-state index in [1.807, 2.05) is 0 Å². The fourth-order valence-corrected chi connectivity index (χ4v) is 1.24. The molecule has 2 rings (SSSR count). The number of hydrogen-bond acceptors (Lipinski definition) is 3. The molecule has 13 heavy (non-hydrogen) atoms. The van der Waals surface area contributed by atoms with E-state index in [2.05, 4.69) is 10.3 Å². The van der Waals surface area contributed by atoms with Crippen molar-refractivity contribution in [2.45, 2.75) is 0 Å². The molecule has 0 unspecified atom stereocenters. The maximum Gasteiger partial charge on any atom is 0.263 e. The second-order valence-corrected chi connectivity index (χ2v) is 3.21. The number of anilines is 1. The third kappa shape index (κ3) is 1.55. The number of aromatic nitrogens is 1. The van der Waals surface area contributed by atoms with Crippen LogP contribution in [0.2, 0.25) is 10.2 Å². The van der Waals surface area contributed by atoms with Gasteiger partial charge in [0.25, 0.3) is 5.91 Å². The maximum absolute atomic E-state index is 10.9. The van der Waals surface area contributed by atoms with Gasteiger partial charge in [-0.25, -0.2) is 4.98 Å². The van der Waals surface area contributed by atoms with Crippen LogP contribution in [0.3, 0.4) is 0 Å². The number of carbonyl (C=O) groups excluding carboxylic acids is 1. The number of nitrogens with zero attached hydrogens (tertiary/aromatic N) is 1. The van der Waals surface area contributed by atoms with Gasteiger partial charge in [0.15, 0.2) is 18.2 Å². The molecule has 0 saturated heterocycles. The van der Waals surface area contributed by atoms with E-state index in [-0.39, 0.29) is 17.7 Å². The van der Waals surface area contributed by atoms with Gasteiger partial charge in [-0.3, -0.25) is 4.79 Å². The maximum atomic E-state index is 10.9. The fourth-order valence-electron chi connectivity index (χ4n) is 0.961. The number of halogens is 2. The van der Waals surface area contributed by atoms with Crippen LogP contribution < -0.4 is 10.1 Å². The number of ether oxygens (including phenoxy) is 1. The molecule has 2 heterocycles. The van der Waals surface area contributed by atoms with Crippen molar-refractivity contribution in [1.82, 2.24) is 4.98 Å². The van der Waals surface area contributed by atoms with Gasteiger partial charge in [-0.15, -0.1) is 0 Å². The van der Waals surface area contributed by atoms with Gasteiger partial charge in [0.05, 0.1) is 5.02 Å². The van der Waals surface area contributed by atoms with E-state index in [9.17, 15) is 4.79 Å². The predicted molar refractivity (Wildman–Crippen MR) is 48.4 cm³/mol. The summed E-state index contributed by atoms with van der Waals surface area (Å²) in [6.07, 6.45) is 0. The van der Waals surface area contributed by atoms with Crippen molar-refractivity contribution in [2.24, 2.45) is 0 Å². The number of hydrogen-bond donors (Lipinski definition) is 1. The zero-order chi connectivity index (χ0) is 9.42. The SMILES string of the molecule is O=C1COc2cc(Cl)c(Cl)nc2N1. The molecule has 0 bridgehead atoms. The molecule has 0 radical (unpaired) electrons. The summed E-state index contributed by atoms with van der Waals surface area (Å²) in [5.41, 5.74) is 0. The first-order chi connectivity index (χ1) is 6.16. The van der Waals surface area contributed by atoms with Crippen molar-refractivity contribution < 1.29 is 9.53 Å². The van der Waals surface area contributed by atoms with Crippen LogP contribution in [0, 0.1) is 0 Å². The Labute approximate surface area is 83.8 Å². The quantitative estimate of drug-likeness (QED) is 0.675. The monoisotopic (exact) mass is 218 g/mol. The lowest BCUT2D eigenvalue weighted by atomic mass is 10.4. The second-order valence-electron chi connectivity index (χ2n) is 2.44. The van der Waals surface area contributed by atoms with E-state index < -0.39 is 0 Å². The van der Waals surface area contributed by atoms with E-state index in [4.69, 9.17) is 27.9 Å². The van der Waals surface area contributed by atoms with Crippen LogP contribution in [0.1, 0.15) is 0 Å². The number of nitrogens with one attached hydrogen (secondary N) is 1. The van der Waals surface area contributed by atoms with Gasteiger partial charge in [0.1, 0.15) is 5.15 Å². The Kier molecular flexibility index (Phi) is 2.01. The van der Waals surface area contributed by atoms with Crippen molar-refractivity contribution in [3.05, 3.63) is 16.2 Å². The van der Waals surface area contributed by atoms with Crippen LogP contribution in [0.5, 0.6) is 5.75 Å². The van der Waals surface area contributed by atoms with E-state index in [1.54, 1.807) is 0 Å². The molecule has 68 valence electrons. The first-order valence-corrected chi connectivity index (χ1v) is 4.21. The summed E-state index contributed by atoms with van der Waals surface area (Å²) in [5, 5.41) is 2.96. The van der Waals surface area contributed by atoms with Gasteiger partial charge >= 0.3 is 0 Å². The molecule has 1 aliphatic heterocycles. The molecule has 1 aromatic rings. The Morgan fingerprint density at radius 1 is 1.54 bits per heavy atom. The molecule has 0 spiro atoms. The third-order valence-electron chi connectivity index (χ3n) is 1.51. The van der Waals surface area contributed by atoms with Crippen molar-refractivity contribution in [3.8, 4) is 5.75 Å². The number of fused-ring (bicyclic) bond motifs is 1. The molecule has 1 amide bonds. The van der Waals surface area contributed by atoms with E-state index in [0.29, 0.717) is 16.6 Å². The van der Waals surface area contributed by atoms with Crippen LogP contribution in [0.4, 0.5) is 5.82 Å². The molecule has 1 aliphatic rings. The summed E-state index contributed by atoms with van der Waals surface area (Å²) in [5.74, 6) is 0.498. The van der Waals surface area contributed by atoms with Gasteiger partial charge in [0, 0.05) is 6.07 Å². The molecule has 0 aromatic carbocycles. The Bertz CT molecular complexity index is 381. The van der Waals surface area contributed by atoms with Crippen LogP contribution in [0.15, 0.2) is 6.07 Å². The Balaban J connectivity index is 2.49. The summed E-state index contributed by atoms with van der Waals surface area (Å²) in [7, 11) is 0. The number of carbonyl (C=O) groups is 1. The summed E-state index contributed by atoms with van der Waals surface area (Å²) in [6.45, 7) is -0.0212. The fraction of sp³-hybridized carbons (Fsp3) is 0.143. The van der Waals surface area contributed by atoms with Gasteiger partial charge in [0.2, 0.25) is 0 Å². The molecule has 6 heteroatoms. The standard InChI is InChI=1S/C7H4Cl2N2O2/c8-3-1-4-7(11-6(3)9)10-5(12)2-13-4/h1H,2H2,(H,10,11,12). The molecular weight excluding hydrogens is 215 g/mol. The first-order valence-electron chi connectivity index (χ1n) is 3.45. The molecule has 0 fully saturated rings. The van der Waals surface area contributed by atoms with Crippen molar-refractivity contribution in [1.29, 1.82) is 0 Å². The highest BCUT2D eigenvalue weighted by Gasteiger charge is 2.18. The minimum Gasteiger partial charge on any atom is -0.480 e. The summed E-state index contributed by atoms with van der Waals surface area (Å²) < 4.78 is 5.05. The largest absolute Gasteiger partial charge is 0.480 e. The Hall–Kier alpha value is -1.00. The Morgan fingerprint density at radius 3 is 3.08 bits per heavy atom. The lowest BCUT2D eigenvalue weighted by Gasteiger charge is -2.16. The Morgan fingerprint density at radius 2 is 2.31 bits per heavy atom. The lowest BCUT2D eigenvalue weighted by Crippen LogP contribution is -2.26. The molecule has 1 N–H and O–H groups in total. The number of amides is 1. The molecular formula is C7H4Cl2N2O2. The van der Waals surface area contributed by atoms with Crippen LogP contribution in [-0.4, -0.2) is 17.5 Å². The molecule has 0 atom stereocenters. The highest BCUT2D eigenvalue weighted by Crippen LogP contribution is 2.32. The molecule has 1 aromatic heterocycles. The normalized spacial score (nSPS) is 14.5. The number of rotatable bonds is 0. The summed E-state index contributed by atoms with van der Waals surface area (Å²) in [6, 6.07) is 1.52. The van der Waals surface area contributed by atoms with Crippen LogP contribution in [0.25, 0.3) is 0 Å². The zero-order valence-corrected chi connectivity index (χ0v) is 7.82. The lowest BCUT2D eigenvalue weighted by molar-refractivity contribution is -0.118. The smallest absolute Gasteiger partial charge is 0.263 e. The van der Waals surface area contributed by atoms with E-state index in [0.717, 1.165) is 0 Å². The van der Waals surface area contributed by atoms with Gasteiger partial charge in [-0.1, -0.05) is 23.2 Å². The van der Waals surface area contributed by atoms with Crippen molar-refractivity contribution in [2.75, 3.05) is 11.9 Å². The topological polar surface area (TPSA) is 51.2 Å². The summed E-state index contributed by atoms with van der Waals surface area (Å²) in [4.78, 5) is 14.7. The average molecular weight is 219 g/mol. The third-order valence-corrected chi connectivity index (χ3v) is 2.19. The number of pyridine rings is 1. The van der Waals surface area contributed by atoms with Crippen molar-refractivity contribution >= 4 is 34.9 Å². The van der Waals surface area contributed by atoms with Crippen molar-refractivity contribution in [3.63, 3.8) is 0 Å².